The maximum Gasteiger partial charge on any atom is 0.240 e. The lowest BCUT2D eigenvalue weighted by atomic mass is 10.0. The van der Waals surface area contributed by atoms with Gasteiger partial charge < -0.3 is 4.90 Å². The summed E-state index contributed by atoms with van der Waals surface area (Å²) in [6, 6.07) is 0.420. The van der Waals surface area contributed by atoms with E-state index in [1.54, 1.807) is 0 Å². The molecule has 0 spiro atoms. The molecule has 1 saturated heterocycles. The van der Waals surface area contributed by atoms with Gasteiger partial charge in [-0.15, -0.1) is 0 Å². The van der Waals surface area contributed by atoms with Gasteiger partial charge in [-0.2, -0.15) is 0 Å². The second kappa shape index (κ2) is 7.88. The van der Waals surface area contributed by atoms with Crippen molar-refractivity contribution in [2.24, 2.45) is 5.92 Å². The fraction of sp³-hybridized carbons (Fsp3) is 0.938. The maximum atomic E-state index is 12.4. The Labute approximate surface area is 119 Å². The van der Waals surface area contributed by atoms with Crippen LogP contribution in [0.4, 0.5) is 0 Å². The molecule has 0 saturated carbocycles. The topological polar surface area (TPSA) is 32.3 Å². The minimum atomic E-state index is -0.00951. The predicted molar refractivity (Wildman–Crippen MR) is 80.9 cm³/mol. The Morgan fingerprint density at radius 3 is 2.42 bits per heavy atom. The zero-order chi connectivity index (χ0) is 14.4. The summed E-state index contributed by atoms with van der Waals surface area (Å²) >= 11 is 0. The van der Waals surface area contributed by atoms with Gasteiger partial charge in [0.1, 0.15) is 0 Å². The highest BCUT2D eigenvalue weighted by Crippen LogP contribution is 2.25. The first-order valence-corrected chi connectivity index (χ1v) is 8.09. The van der Waals surface area contributed by atoms with Crippen LogP contribution >= 0.6 is 0 Å². The van der Waals surface area contributed by atoms with E-state index in [4.69, 9.17) is 0 Å². The van der Waals surface area contributed by atoms with E-state index in [2.05, 4.69) is 37.9 Å². The number of hydrogen-bond acceptors (Lipinski definition) is 2. The molecule has 1 heterocycles. The van der Waals surface area contributed by atoms with E-state index in [0.29, 0.717) is 17.9 Å². The molecule has 112 valence electrons. The summed E-state index contributed by atoms with van der Waals surface area (Å²) in [6.07, 6.45) is 7.17. The lowest BCUT2D eigenvalue weighted by Gasteiger charge is -2.33. The van der Waals surface area contributed by atoms with Crippen molar-refractivity contribution in [1.82, 2.24) is 10.2 Å². The Hall–Kier alpha value is -0.570. The molecule has 19 heavy (non-hydrogen) atoms. The van der Waals surface area contributed by atoms with Crippen LogP contribution in [0.3, 0.4) is 0 Å². The number of hydrogen-bond donors (Lipinski definition) is 1. The van der Waals surface area contributed by atoms with Crippen LogP contribution < -0.4 is 5.32 Å². The van der Waals surface area contributed by atoms with Gasteiger partial charge in [0.05, 0.1) is 12.2 Å². The van der Waals surface area contributed by atoms with Crippen LogP contribution in [0.25, 0.3) is 0 Å². The Balaban J connectivity index is 2.78. The average Bonchev–Trinajstić information content (AvgIpc) is 2.60. The van der Waals surface area contributed by atoms with Crippen molar-refractivity contribution in [3.8, 4) is 0 Å². The fourth-order valence-corrected chi connectivity index (χ4v) is 3.08. The molecule has 3 heteroatoms. The first kappa shape index (κ1) is 16.5. The molecular weight excluding hydrogens is 236 g/mol. The van der Waals surface area contributed by atoms with E-state index in [-0.39, 0.29) is 12.2 Å². The standard InChI is InChI=1S/C16H32N2O/c1-6-8-10-14(9-7-2)18-15(11-12(3)4)17-13(5)16(18)19/h12-15,17H,6-11H2,1-5H3. The quantitative estimate of drug-likeness (QED) is 0.730. The SMILES string of the molecule is CCCCC(CCC)N1C(=O)C(C)NC1CC(C)C. The number of rotatable bonds is 8. The normalized spacial score (nSPS) is 25.4. The molecule has 1 amide bonds. The van der Waals surface area contributed by atoms with Crippen molar-refractivity contribution >= 4 is 5.91 Å². The van der Waals surface area contributed by atoms with Crippen molar-refractivity contribution in [2.45, 2.75) is 91.4 Å². The van der Waals surface area contributed by atoms with Crippen LogP contribution in [0.2, 0.25) is 0 Å². The predicted octanol–water partition coefficient (Wildman–Crippen LogP) is 3.54. The second-order valence-corrected chi connectivity index (χ2v) is 6.36. The Morgan fingerprint density at radius 2 is 1.89 bits per heavy atom. The Kier molecular flexibility index (Phi) is 6.84. The van der Waals surface area contributed by atoms with Crippen LogP contribution in [-0.2, 0) is 4.79 Å². The molecule has 1 fully saturated rings. The lowest BCUT2D eigenvalue weighted by molar-refractivity contribution is -0.132. The zero-order valence-electron chi connectivity index (χ0n) is 13.4. The molecule has 0 aromatic carbocycles. The molecule has 0 radical (unpaired) electrons. The molecule has 1 aliphatic heterocycles. The van der Waals surface area contributed by atoms with Gasteiger partial charge in [-0.1, -0.05) is 47.0 Å². The molecule has 0 aromatic heterocycles. The highest BCUT2D eigenvalue weighted by Gasteiger charge is 2.39. The van der Waals surface area contributed by atoms with Gasteiger partial charge in [0.15, 0.2) is 0 Å². The van der Waals surface area contributed by atoms with E-state index in [0.717, 1.165) is 25.7 Å². The van der Waals surface area contributed by atoms with E-state index >= 15 is 0 Å². The van der Waals surface area contributed by atoms with Crippen molar-refractivity contribution in [1.29, 1.82) is 0 Å². The third-order valence-corrected chi connectivity index (χ3v) is 4.00. The molecule has 0 aromatic rings. The first-order valence-electron chi connectivity index (χ1n) is 8.09. The van der Waals surface area contributed by atoms with Gasteiger partial charge in [0.25, 0.3) is 0 Å². The van der Waals surface area contributed by atoms with Crippen LogP contribution in [-0.4, -0.2) is 29.1 Å². The Morgan fingerprint density at radius 1 is 1.21 bits per heavy atom. The van der Waals surface area contributed by atoms with E-state index in [1.807, 2.05) is 6.92 Å². The Bertz CT molecular complexity index is 278. The van der Waals surface area contributed by atoms with E-state index in [1.165, 1.54) is 12.8 Å². The number of nitrogens with one attached hydrogen (secondary N) is 1. The van der Waals surface area contributed by atoms with Crippen LogP contribution in [0.1, 0.15) is 73.1 Å². The highest BCUT2D eigenvalue weighted by atomic mass is 16.2. The molecular formula is C16H32N2O. The third-order valence-electron chi connectivity index (χ3n) is 4.00. The molecule has 0 aliphatic carbocycles. The molecule has 3 unspecified atom stereocenters. The summed E-state index contributed by atoms with van der Waals surface area (Å²) in [4.78, 5) is 14.6. The first-order chi connectivity index (χ1) is 9.01. The summed E-state index contributed by atoms with van der Waals surface area (Å²) in [6.45, 7) is 10.9. The smallest absolute Gasteiger partial charge is 0.240 e. The second-order valence-electron chi connectivity index (χ2n) is 6.36. The number of carbonyl (C=O) groups is 1. The van der Waals surface area contributed by atoms with Crippen LogP contribution in [0.15, 0.2) is 0 Å². The third kappa shape index (κ3) is 4.48. The highest BCUT2D eigenvalue weighted by molar-refractivity contribution is 5.84. The molecule has 1 N–H and O–H groups in total. The van der Waals surface area contributed by atoms with E-state index < -0.39 is 0 Å². The van der Waals surface area contributed by atoms with Crippen molar-refractivity contribution < 1.29 is 4.79 Å². The zero-order valence-corrected chi connectivity index (χ0v) is 13.4. The molecule has 1 rings (SSSR count). The van der Waals surface area contributed by atoms with Crippen LogP contribution in [0, 0.1) is 5.92 Å². The summed E-state index contributed by atoms with van der Waals surface area (Å²) in [5.74, 6) is 0.923. The van der Waals surface area contributed by atoms with E-state index in [9.17, 15) is 4.79 Å². The van der Waals surface area contributed by atoms with Crippen molar-refractivity contribution in [2.75, 3.05) is 0 Å². The molecule has 1 aliphatic rings. The number of unbranched alkanes of at least 4 members (excludes halogenated alkanes) is 1. The van der Waals surface area contributed by atoms with Crippen molar-refractivity contribution in [3.05, 3.63) is 0 Å². The van der Waals surface area contributed by atoms with Gasteiger partial charge in [0.2, 0.25) is 5.91 Å². The maximum absolute atomic E-state index is 12.4. The van der Waals surface area contributed by atoms with Crippen molar-refractivity contribution in [3.63, 3.8) is 0 Å². The number of carbonyl (C=O) groups excluding carboxylic acids is 1. The van der Waals surface area contributed by atoms with Gasteiger partial charge >= 0.3 is 0 Å². The number of amides is 1. The number of nitrogens with zero attached hydrogens (tertiary/aromatic N) is 1. The molecule has 3 nitrogen and oxygen atoms in total. The summed E-state index contributed by atoms with van der Waals surface area (Å²) in [5, 5.41) is 3.48. The largest absolute Gasteiger partial charge is 0.323 e. The summed E-state index contributed by atoms with van der Waals surface area (Å²) < 4.78 is 0. The summed E-state index contributed by atoms with van der Waals surface area (Å²) in [5.41, 5.74) is 0. The van der Waals surface area contributed by atoms with Gasteiger partial charge in [-0.3, -0.25) is 10.1 Å². The average molecular weight is 268 g/mol. The van der Waals surface area contributed by atoms with Gasteiger partial charge in [0, 0.05) is 6.04 Å². The molecule has 3 atom stereocenters. The van der Waals surface area contributed by atoms with Gasteiger partial charge in [-0.25, -0.2) is 0 Å². The minimum Gasteiger partial charge on any atom is -0.323 e. The van der Waals surface area contributed by atoms with Crippen LogP contribution in [0.5, 0.6) is 0 Å². The minimum absolute atomic E-state index is 0.00951. The summed E-state index contributed by atoms with van der Waals surface area (Å²) in [7, 11) is 0. The van der Waals surface area contributed by atoms with Gasteiger partial charge in [-0.05, 0) is 32.1 Å². The fourth-order valence-electron chi connectivity index (χ4n) is 3.08. The lowest BCUT2D eigenvalue weighted by Crippen LogP contribution is -2.45. The molecule has 0 bridgehead atoms. The monoisotopic (exact) mass is 268 g/mol.